The number of hydrogen-bond acceptors (Lipinski definition) is 4. The number of pyridine rings is 1. The van der Waals surface area contributed by atoms with Gasteiger partial charge in [-0.15, -0.1) is 12.6 Å². The minimum absolute atomic E-state index is 0.257. The molecule has 2 heterocycles. The minimum atomic E-state index is -1.36. The summed E-state index contributed by atoms with van der Waals surface area (Å²) in [7, 11) is 0. The van der Waals surface area contributed by atoms with Gasteiger partial charge >= 0.3 is 0 Å². The molecule has 1 aromatic heterocycles. The first-order valence-corrected chi connectivity index (χ1v) is 7.66. The molecular weight excluding hydrogens is 298 g/mol. The highest BCUT2D eigenvalue weighted by atomic mass is 32.1. The zero-order valence-corrected chi connectivity index (χ0v) is 13.5. The van der Waals surface area contributed by atoms with E-state index < -0.39 is 5.60 Å². The van der Waals surface area contributed by atoms with Gasteiger partial charge in [-0.2, -0.15) is 0 Å². The van der Waals surface area contributed by atoms with Crippen LogP contribution in [0.5, 0.6) is 5.75 Å². The predicted molar refractivity (Wildman–Crippen MR) is 84.4 cm³/mol. The molecule has 22 heavy (non-hydrogen) atoms. The van der Waals surface area contributed by atoms with Crippen LogP contribution in [-0.4, -0.2) is 16.9 Å². The van der Waals surface area contributed by atoms with Crippen molar-refractivity contribution in [2.45, 2.75) is 30.8 Å². The molecule has 1 aliphatic heterocycles. The Balaban J connectivity index is 2.27. The fraction of sp³-hybridized carbons (Fsp3) is 0.353. The molecule has 0 fully saturated rings. The van der Waals surface area contributed by atoms with E-state index >= 15 is 0 Å². The SMILES string of the molecule is CC1(C)COc2ccc(S)cc2C(O)(c2cccc[n+]2O)C1. The van der Waals surface area contributed by atoms with Gasteiger partial charge in [-0.25, -0.2) is 0 Å². The fourth-order valence-corrected chi connectivity index (χ4v) is 3.27. The second-order valence-electron chi connectivity index (χ2n) is 6.60. The van der Waals surface area contributed by atoms with Crippen molar-refractivity contribution >= 4 is 12.6 Å². The third kappa shape index (κ3) is 2.55. The van der Waals surface area contributed by atoms with Crippen LogP contribution in [0.3, 0.4) is 0 Å². The molecular formula is C17H20NO3S+. The van der Waals surface area contributed by atoms with E-state index in [2.05, 4.69) is 12.6 Å². The molecule has 2 aromatic rings. The number of aliphatic hydroxyl groups is 1. The zero-order valence-electron chi connectivity index (χ0n) is 12.7. The highest BCUT2D eigenvalue weighted by Crippen LogP contribution is 2.46. The van der Waals surface area contributed by atoms with Gasteiger partial charge in [-0.1, -0.05) is 13.8 Å². The summed E-state index contributed by atoms with van der Waals surface area (Å²) in [6.45, 7) is 4.57. The van der Waals surface area contributed by atoms with E-state index in [1.165, 1.54) is 6.20 Å². The lowest BCUT2D eigenvalue weighted by Gasteiger charge is -2.30. The first kappa shape index (κ1) is 15.2. The van der Waals surface area contributed by atoms with Crippen LogP contribution in [-0.2, 0) is 5.60 Å². The molecule has 4 nitrogen and oxygen atoms in total. The number of rotatable bonds is 1. The molecule has 1 atom stereocenters. The molecule has 1 aromatic carbocycles. The first-order valence-electron chi connectivity index (χ1n) is 7.21. The molecule has 0 aliphatic carbocycles. The fourth-order valence-electron chi connectivity index (χ4n) is 3.07. The Kier molecular flexibility index (Phi) is 3.57. The lowest BCUT2D eigenvalue weighted by atomic mass is 9.76. The maximum atomic E-state index is 11.5. The van der Waals surface area contributed by atoms with Crippen LogP contribution in [0.25, 0.3) is 0 Å². The maximum Gasteiger partial charge on any atom is 0.270 e. The van der Waals surface area contributed by atoms with Crippen molar-refractivity contribution in [3.63, 3.8) is 0 Å². The van der Waals surface area contributed by atoms with E-state index in [0.29, 0.717) is 30.0 Å². The van der Waals surface area contributed by atoms with Gasteiger partial charge in [0.25, 0.3) is 5.69 Å². The molecule has 5 heteroatoms. The van der Waals surface area contributed by atoms with Crippen LogP contribution in [0, 0.1) is 5.41 Å². The summed E-state index contributed by atoms with van der Waals surface area (Å²) in [5.74, 6) is 0.620. The van der Waals surface area contributed by atoms with E-state index in [0.717, 1.165) is 9.63 Å². The van der Waals surface area contributed by atoms with Gasteiger partial charge in [0.05, 0.1) is 6.61 Å². The average Bonchev–Trinajstić information content (AvgIpc) is 2.55. The largest absolute Gasteiger partial charge is 0.493 e. The van der Waals surface area contributed by atoms with Crippen LogP contribution < -0.4 is 9.47 Å². The van der Waals surface area contributed by atoms with Crippen molar-refractivity contribution in [2.75, 3.05) is 6.61 Å². The van der Waals surface area contributed by atoms with Crippen LogP contribution in [0.2, 0.25) is 0 Å². The predicted octanol–water partition coefficient (Wildman–Crippen LogP) is 2.54. The third-order valence-corrected chi connectivity index (χ3v) is 4.30. The standard InChI is InChI=1S/C17H19NO3S/c1-16(2)10-17(19,15-5-3-4-8-18(15)20)13-9-12(22)6-7-14(13)21-11-16/h3-9,19H,10-11H2,1-2H3,(H-,20,22)/p+1. The summed E-state index contributed by atoms with van der Waals surface area (Å²) in [4.78, 5) is 0.737. The highest BCUT2D eigenvalue weighted by Gasteiger charge is 2.48. The van der Waals surface area contributed by atoms with Crippen LogP contribution in [0.1, 0.15) is 31.5 Å². The summed E-state index contributed by atoms with van der Waals surface area (Å²) < 4.78 is 6.86. The molecule has 1 unspecified atom stereocenters. The number of fused-ring (bicyclic) bond motifs is 1. The molecule has 1 aliphatic rings. The summed E-state index contributed by atoms with van der Waals surface area (Å²) in [5.41, 5.74) is -0.578. The molecule has 0 amide bonds. The summed E-state index contributed by atoms with van der Waals surface area (Å²) in [6.07, 6.45) is 1.94. The molecule has 0 saturated heterocycles. The molecule has 2 N–H and O–H groups in total. The number of hydrogen-bond donors (Lipinski definition) is 3. The van der Waals surface area contributed by atoms with Crippen molar-refractivity contribution < 1.29 is 19.8 Å². The number of ether oxygens (including phenoxy) is 1. The van der Waals surface area contributed by atoms with Crippen molar-refractivity contribution in [3.8, 4) is 5.75 Å². The van der Waals surface area contributed by atoms with Crippen LogP contribution >= 0.6 is 12.6 Å². The Labute approximate surface area is 135 Å². The molecule has 0 spiro atoms. The first-order chi connectivity index (χ1) is 10.3. The average molecular weight is 318 g/mol. The summed E-state index contributed by atoms with van der Waals surface area (Å²) >= 11 is 4.38. The van der Waals surface area contributed by atoms with Gasteiger partial charge in [0.2, 0.25) is 6.20 Å². The smallest absolute Gasteiger partial charge is 0.270 e. The molecule has 0 radical (unpaired) electrons. The van der Waals surface area contributed by atoms with E-state index in [1.807, 2.05) is 26.0 Å². The van der Waals surface area contributed by atoms with E-state index in [-0.39, 0.29) is 5.41 Å². The van der Waals surface area contributed by atoms with E-state index in [9.17, 15) is 10.3 Å². The molecule has 3 rings (SSSR count). The number of nitrogens with zero attached hydrogens (tertiary/aromatic N) is 1. The maximum absolute atomic E-state index is 11.5. The van der Waals surface area contributed by atoms with Crippen LogP contribution in [0.15, 0.2) is 47.5 Å². The Morgan fingerprint density at radius 2 is 2.00 bits per heavy atom. The Morgan fingerprint density at radius 1 is 1.23 bits per heavy atom. The van der Waals surface area contributed by atoms with Gasteiger partial charge in [0.1, 0.15) is 5.75 Å². The van der Waals surface area contributed by atoms with E-state index in [1.54, 1.807) is 24.3 Å². The second kappa shape index (κ2) is 5.18. The summed E-state index contributed by atoms with van der Waals surface area (Å²) in [6, 6.07) is 10.7. The number of benzene rings is 1. The lowest BCUT2D eigenvalue weighted by Crippen LogP contribution is -2.46. The topological polar surface area (TPSA) is 53.6 Å². The second-order valence-corrected chi connectivity index (χ2v) is 7.12. The Hall–Kier alpha value is -1.72. The zero-order chi connectivity index (χ0) is 16.0. The molecule has 0 saturated carbocycles. The van der Waals surface area contributed by atoms with Gasteiger partial charge < -0.3 is 9.84 Å². The van der Waals surface area contributed by atoms with Crippen molar-refractivity contribution in [2.24, 2.45) is 5.41 Å². The quantitative estimate of drug-likeness (QED) is 0.430. The van der Waals surface area contributed by atoms with Crippen molar-refractivity contribution in [1.29, 1.82) is 0 Å². The van der Waals surface area contributed by atoms with Gasteiger partial charge in [-0.05, 0) is 30.7 Å². The summed E-state index contributed by atoms with van der Waals surface area (Å²) in [5, 5.41) is 21.7. The highest BCUT2D eigenvalue weighted by molar-refractivity contribution is 7.80. The number of aromatic nitrogens is 1. The van der Waals surface area contributed by atoms with Crippen LogP contribution in [0.4, 0.5) is 0 Å². The minimum Gasteiger partial charge on any atom is -0.493 e. The Morgan fingerprint density at radius 3 is 2.73 bits per heavy atom. The van der Waals surface area contributed by atoms with E-state index in [4.69, 9.17) is 4.74 Å². The van der Waals surface area contributed by atoms with Gasteiger partial charge in [0, 0.05) is 32.7 Å². The number of thiol groups is 1. The third-order valence-electron chi connectivity index (χ3n) is 4.02. The Bertz CT molecular complexity index is 717. The normalized spacial score (nSPS) is 23.3. The van der Waals surface area contributed by atoms with Gasteiger partial charge in [-0.3, -0.25) is 5.21 Å². The van der Waals surface area contributed by atoms with Crippen molar-refractivity contribution in [3.05, 3.63) is 53.9 Å². The molecule has 116 valence electrons. The van der Waals surface area contributed by atoms with Gasteiger partial charge in [0.15, 0.2) is 5.60 Å². The molecule has 0 bridgehead atoms. The monoisotopic (exact) mass is 318 g/mol. The van der Waals surface area contributed by atoms with Crippen molar-refractivity contribution in [1.82, 2.24) is 0 Å². The lowest BCUT2D eigenvalue weighted by molar-refractivity contribution is -0.912.